The Balaban J connectivity index is 1.25. The summed E-state index contributed by atoms with van der Waals surface area (Å²) >= 11 is 0. The van der Waals surface area contributed by atoms with Crippen molar-refractivity contribution in [2.75, 3.05) is 4.90 Å². The van der Waals surface area contributed by atoms with E-state index in [1.807, 2.05) is 0 Å². The molecule has 0 saturated heterocycles. The molecule has 10 rings (SSSR count). The molecule has 6 aromatic carbocycles. The molecule has 0 atom stereocenters. The summed E-state index contributed by atoms with van der Waals surface area (Å²) in [5, 5.41) is 4.71. The van der Waals surface area contributed by atoms with E-state index < -0.39 is 0 Å². The number of para-hydroxylation sites is 2. The summed E-state index contributed by atoms with van der Waals surface area (Å²) in [5.41, 5.74) is 14.0. The lowest BCUT2D eigenvalue weighted by molar-refractivity contribution is 0.605. The Morgan fingerprint density at radius 1 is 0.614 bits per heavy atom. The van der Waals surface area contributed by atoms with Crippen molar-refractivity contribution in [3.8, 4) is 11.1 Å². The van der Waals surface area contributed by atoms with Crippen LogP contribution >= 0.6 is 0 Å². The zero-order chi connectivity index (χ0) is 29.2. The molecule has 3 heterocycles. The summed E-state index contributed by atoms with van der Waals surface area (Å²) in [6.07, 6.45) is 1.56. The molecule has 4 nitrogen and oxygen atoms in total. The van der Waals surface area contributed by atoms with Crippen LogP contribution in [0.5, 0.6) is 0 Å². The first-order valence-electron chi connectivity index (χ1n) is 15.1. The fraction of sp³-hybridized carbons (Fsp3) is 0.0750. The van der Waals surface area contributed by atoms with Gasteiger partial charge in [-0.15, -0.1) is 0 Å². The van der Waals surface area contributed by atoms with Crippen LogP contribution in [0.4, 0.5) is 17.1 Å². The summed E-state index contributed by atoms with van der Waals surface area (Å²) in [5.74, 6) is 0. The minimum atomic E-state index is -0.0779. The topological polar surface area (TPSA) is 33.7 Å². The van der Waals surface area contributed by atoms with Crippen molar-refractivity contribution < 1.29 is 4.42 Å². The number of fused-ring (bicyclic) bond motifs is 11. The molecule has 0 N–H and O–H groups in total. The van der Waals surface area contributed by atoms with Crippen LogP contribution in [0.3, 0.4) is 0 Å². The van der Waals surface area contributed by atoms with Gasteiger partial charge in [-0.1, -0.05) is 80.6 Å². The number of rotatable bonds is 3. The lowest BCUT2D eigenvalue weighted by Crippen LogP contribution is -2.16. The van der Waals surface area contributed by atoms with E-state index in [1.54, 1.807) is 6.39 Å². The number of anilines is 3. The highest BCUT2D eigenvalue weighted by molar-refractivity contribution is 6.30. The largest absolute Gasteiger partial charge is 0.443 e. The summed E-state index contributed by atoms with van der Waals surface area (Å²) in [7, 11) is 0. The third-order valence-corrected chi connectivity index (χ3v) is 9.84. The van der Waals surface area contributed by atoms with Crippen molar-refractivity contribution in [1.29, 1.82) is 0 Å². The number of aromatic nitrogens is 2. The van der Waals surface area contributed by atoms with Crippen molar-refractivity contribution in [3.05, 3.63) is 139 Å². The van der Waals surface area contributed by atoms with Crippen molar-refractivity contribution >= 4 is 66.3 Å². The second-order valence-electron chi connectivity index (χ2n) is 12.5. The summed E-state index contributed by atoms with van der Waals surface area (Å²) in [6.45, 7) is 4.68. The van der Waals surface area contributed by atoms with Gasteiger partial charge in [0.05, 0.1) is 21.9 Å². The van der Waals surface area contributed by atoms with Gasteiger partial charge in [-0.3, -0.25) is 0 Å². The van der Waals surface area contributed by atoms with Crippen molar-refractivity contribution in [1.82, 2.24) is 9.38 Å². The van der Waals surface area contributed by atoms with Gasteiger partial charge in [0.15, 0.2) is 12.0 Å². The Morgan fingerprint density at radius 3 is 2.25 bits per heavy atom. The summed E-state index contributed by atoms with van der Waals surface area (Å²) < 4.78 is 8.35. The van der Waals surface area contributed by atoms with Gasteiger partial charge in [0.1, 0.15) is 5.52 Å². The zero-order valence-electron chi connectivity index (χ0n) is 24.4. The summed E-state index contributed by atoms with van der Waals surface area (Å²) in [4.78, 5) is 6.98. The Morgan fingerprint density at radius 2 is 1.34 bits per heavy atom. The maximum Gasteiger partial charge on any atom is 0.182 e. The van der Waals surface area contributed by atoms with E-state index in [0.29, 0.717) is 0 Å². The quantitative estimate of drug-likeness (QED) is 0.214. The van der Waals surface area contributed by atoms with Gasteiger partial charge in [0, 0.05) is 38.6 Å². The second-order valence-corrected chi connectivity index (χ2v) is 12.5. The predicted octanol–water partition coefficient (Wildman–Crippen LogP) is 10.8. The van der Waals surface area contributed by atoms with E-state index in [1.165, 1.54) is 55.0 Å². The molecule has 0 radical (unpaired) electrons. The molecule has 1 aliphatic carbocycles. The monoisotopic (exact) mass is 565 g/mol. The molecule has 0 fully saturated rings. The van der Waals surface area contributed by atoms with E-state index in [9.17, 15) is 0 Å². The van der Waals surface area contributed by atoms with Gasteiger partial charge < -0.3 is 13.7 Å². The number of hydrogen-bond donors (Lipinski definition) is 0. The normalized spacial score (nSPS) is 13.9. The standard InChI is InChI=1S/C40H27N3O/c1-40(2)32-14-8-6-12-27(32)28-18-16-26(21-33(28)40)42(24-10-4-3-5-11-24)25-17-19-36-30(20-25)31-22-34-39(44-23-41-34)37-29-13-7-9-15-35(29)43(36)38(31)37/h3-23H,1-2H3. The number of oxazole rings is 1. The molecule has 9 aromatic rings. The maximum absolute atomic E-state index is 5.96. The average Bonchev–Trinajstić information content (AvgIpc) is 3.80. The molecule has 0 unspecified atom stereocenters. The van der Waals surface area contributed by atoms with Crippen LogP contribution in [0, 0.1) is 0 Å². The minimum Gasteiger partial charge on any atom is -0.443 e. The van der Waals surface area contributed by atoms with Gasteiger partial charge in [0.2, 0.25) is 0 Å². The SMILES string of the molecule is CC1(C)c2ccccc2-c2ccc(N(c3ccccc3)c3ccc4c(c3)c3cc5ncoc5c5c6ccccc6n4c35)cc21. The van der Waals surface area contributed by atoms with E-state index >= 15 is 0 Å². The minimum absolute atomic E-state index is 0.0779. The fourth-order valence-electron chi connectivity index (χ4n) is 7.86. The molecule has 0 saturated carbocycles. The Labute approximate surface area is 253 Å². The van der Waals surface area contributed by atoms with Gasteiger partial charge in [-0.2, -0.15) is 0 Å². The van der Waals surface area contributed by atoms with Gasteiger partial charge in [-0.05, 0) is 76.9 Å². The summed E-state index contributed by atoms with van der Waals surface area (Å²) in [6, 6.07) is 44.1. The number of nitrogens with zero attached hydrogens (tertiary/aromatic N) is 3. The Kier molecular flexibility index (Phi) is 4.49. The molecule has 0 bridgehead atoms. The lowest BCUT2D eigenvalue weighted by atomic mass is 9.82. The molecule has 4 heteroatoms. The molecule has 0 aliphatic heterocycles. The maximum atomic E-state index is 5.96. The predicted molar refractivity (Wildman–Crippen MR) is 181 cm³/mol. The smallest absolute Gasteiger partial charge is 0.182 e. The molecule has 0 amide bonds. The fourth-order valence-corrected chi connectivity index (χ4v) is 7.86. The average molecular weight is 566 g/mol. The highest BCUT2D eigenvalue weighted by atomic mass is 16.3. The van der Waals surface area contributed by atoms with Gasteiger partial charge in [0.25, 0.3) is 0 Å². The molecule has 1 aliphatic rings. The van der Waals surface area contributed by atoms with Crippen molar-refractivity contribution in [3.63, 3.8) is 0 Å². The van der Waals surface area contributed by atoms with Crippen LogP contribution in [0.2, 0.25) is 0 Å². The lowest BCUT2D eigenvalue weighted by Gasteiger charge is -2.28. The van der Waals surface area contributed by atoms with Crippen molar-refractivity contribution in [2.24, 2.45) is 0 Å². The van der Waals surface area contributed by atoms with Crippen LogP contribution in [-0.2, 0) is 5.41 Å². The van der Waals surface area contributed by atoms with Crippen LogP contribution < -0.4 is 4.90 Å². The van der Waals surface area contributed by atoms with Gasteiger partial charge in [-0.25, -0.2) is 4.98 Å². The van der Waals surface area contributed by atoms with Crippen molar-refractivity contribution in [2.45, 2.75) is 19.3 Å². The molecule has 208 valence electrons. The van der Waals surface area contributed by atoms with E-state index in [2.05, 4.69) is 149 Å². The Hall–Kier alpha value is -5.61. The molecule has 0 spiro atoms. The zero-order valence-corrected chi connectivity index (χ0v) is 24.4. The van der Waals surface area contributed by atoms with Crippen LogP contribution in [-0.4, -0.2) is 9.38 Å². The molecule has 3 aromatic heterocycles. The van der Waals surface area contributed by atoms with E-state index in [-0.39, 0.29) is 5.41 Å². The third kappa shape index (κ3) is 2.95. The van der Waals surface area contributed by atoms with Crippen LogP contribution in [0.15, 0.2) is 132 Å². The number of hydrogen-bond acceptors (Lipinski definition) is 3. The second kappa shape index (κ2) is 8.27. The first-order chi connectivity index (χ1) is 21.6. The first kappa shape index (κ1) is 23.9. The first-order valence-corrected chi connectivity index (χ1v) is 15.1. The molecule has 44 heavy (non-hydrogen) atoms. The van der Waals surface area contributed by atoms with Gasteiger partial charge >= 0.3 is 0 Å². The highest BCUT2D eigenvalue weighted by Crippen LogP contribution is 2.51. The van der Waals surface area contributed by atoms with E-state index in [4.69, 9.17) is 4.42 Å². The molecular weight excluding hydrogens is 538 g/mol. The Bertz CT molecular complexity index is 2590. The highest BCUT2D eigenvalue weighted by Gasteiger charge is 2.35. The van der Waals surface area contributed by atoms with E-state index in [0.717, 1.165) is 33.5 Å². The van der Waals surface area contributed by atoms with Crippen LogP contribution in [0.25, 0.3) is 60.3 Å². The molecular formula is C40H27N3O. The van der Waals surface area contributed by atoms with Crippen LogP contribution in [0.1, 0.15) is 25.0 Å². The third-order valence-electron chi connectivity index (χ3n) is 9.84. The number of benzene rings is 6.